The van der Waals surface area contributed by atoms with Gasteiger partial charge in [-0.05, 0) is 51.4 Å². The summed E-state index contributed by atoms with van der Waals surface area (Å²) in [7, 11) is 0. The van der Waals surface area contributed by atoms with Crippen LogP contribution in [0.25, 0.3) is 0 Å². The molecular weight excluding hydrogens is 600 g/mol. The van der Waals surface area contributed by atoms with Gasteiger partial charge in [-0.3, -0.25) is 9.59 Å². The van der Waals surface area contributed by atoms with Gasteiger partial charge in [0.25, 0.3) is 0 Å². The Labute approximate surface area is 270 Å². The van der Waals surface area contributed by atoms with Gasteiger partial charge in [0.1, 0.15) is 39.6 Å². The molecule has 0 aromatic carbocycles. The van der Waals surface area contributed by atoms with Gasteiger partial charge in [0.05, 0.1) is 22.7 Å². The third-order valence-corrected chi connectivity index (χ3v) is 8.35. The monoisotopic (exact) mass is 646 g/mol. The lowest BCUT2D eigenvalue weighted by Crippen LogP contribution is -2.45. The summed E-state index contributed by atoms with van der Waals surface area (Å²) in [6.45, 7) is 15.7. The number of carbonyl (C=O) groups excluding carboxylic acids is 6. The summed E-state index contributed by atoms with van der Waals surface area (Å²) in [6, 6.07) is 0. The summed E-state index contributed by atoms with van der Waals surface area (Å²) < 4.78 is 32.1. The van der Waals surface area contributed by atoms with E-state index >= 15 is 0 Å². The molecule has 254 valence electrons. The zero-order valence-electron chi connectivity index (χ0n) is 26.8. The molecule has 0 aromatic rings. The third-order valence-electron chi connectivity index (χ3n) is 8.35. The molecule has 0 saturated heterocycles. The Balaban J connectivity index is 2.09. The van der Waals surface area contributed by atoms with Gasteiger partial charge < -0.3 is 28.4 Å². The van der Waals surface area contributed by atoms with Crippen molar-refractivity contribution in [2.75, 3.05) is 39.6 Å². The summed E-state index contributed by atoms with van der Waals surface area (Å²) in [4.78, 5) is 73.6. The quantitative estimate of drug-likeness (QED) is 0.121. The van der Waals surface area contributed by atoms with Crippen LogP contribution >= 0.6 is 0 Å². The zero-order chi connectivity index (χ0) is 34.3. The van der Waals surface area contributed by atoms with Crippen molar-refractivity contribution in [3.63, 3.8) is 0 Å². The molecular formula is C34H46O12. The lowest BCUT2D eigenvalue weighted by Gasteiger charge is -2.44. The summed E-state index contributed by atoms with van der Waals surface area (Å²) >= 11 is 0. The number of carbonyl (C=O) groups is 6. The van der Waals surface area contributed by atoms with Crippen LogP contribution in [0.1, 0.15) is 52.4 Å². The molecule has 12 heteroatoms. The SMILES string of the molecule is C=CC(=O)OCC(C)(COC(=O)C=C)COC(=O)C1CCC(C(=O)OCC(C)(COC(=O)C=C)COC(=O)C=C)C2CCCCC12. The Morgan fingerprint density at radius 1 is 0.500 bits per heavy atom. The maximum Gasteiger partial charge on any atom is 0.330 e. The Morgan fingerprint density at radius 2 is 0.761 bits per heavy atom. The van der Waals surface area contributed by atoms with Crippen molar-refractivity contribution in [3.05, 3.63) is 50.6 Å². The van der Waals surface area contributed by atoms with Crippen LogP contribution in [0.3, 0.4) is 0 Å². The minimum atomic E-state index is -1.02. The van der Waals surface area contributed by atoms with Crippen LogP contribution in [-0.4, -0.2) is 75.5 Å². The molecule has 2 rings (SSSR count). The molecule has 0 spiro atoms. The van der Waals surface area contributed by atoms with E-state index in [4.69, 9.17) is 28.4 Å². The standard InChI is InChI=1S/C34H46O12/c1-7-27(35)41-17-33(5,18-42-28(36)8-2)21-45-31(39)25-15-16-26(24-14-12-11-13-23(24)25)32(40)46-22-34(6,19-43-29(37)9-3)20-44-30(38)10-4/h7-10,23-26H,1-4,11-22H2,5-6H3. The molecule has 2 fully saturated rings. The number of ether oxygens (including phenoxy) is 6. The highest BCUT2D eigenvalue weighted by atomic mass is 16.6. The van der Waals surface area contributed by atoms with Crippen molar-refractivity contribution < 1.29 is 57.2 Å². The second-order valence-corrected chi connectivity index (χ2v) is 12.5. The summed E-state index contributed by atoms with van der Waals surface area (Å²) in [5.74, 6) is -4.65. The summed E-state index contributed by atoms with van der Waals surface area (Å²) in [5.41, 5.74) is -2.04. The van der Waals surface area contributed by atoms with Gasteiger partial charge in [0.2, 0.25) is 0 Å². The average molecular weight is 647 g/mol. The molecule has 2 aliphatic rings. The molecule has 4 atom stereocenters. The van der Waals surface area contributed by atoms with Gasteiger partial charge in [-0.1, -0.05) is 39.2 Å². The van der Waals surface area contributed by atoms with E-state index in [1.54, 1.807) is 13.8 Å². The second kappa shape index (κ2) is 18.1. The molecule has 0 amide bonds. The normalized spacial score (nSPS) is 20.8. The van der Waals surface area contributed by atoms with Crippen LogP contribution in [0.5, 0.6) is 0 Å². The minimum absolute atomic E-state index is 0.107. The lowest BCUT2D eigenvalue weighted by atomic mass is 9.61. The van der Waals surface area contributed by atoms with Gasteiger partial charge >= 0.3 is 35.8 Å². The van der Waals surface area contributed by atoms with Gasteiger partial charge in [-0.15, -0.1) is 0 Å². The highest BCUT2D eigenvalue weighted by molar-refractivity contribution is 5.82. The Kier molecular flexibility index (Phi) is 14.9. The number of rotatable bonds is 18. The molecule has 2 aliphatic carbocycles. The highest BCUT2D eigenvalue weighted by Gasteiger charge is 2.47. The van der Waals surface area contributed by atoms with E-state index in [0.717, 1.165) is 50.0 Å². The van der Waals surface area contributed by atoms with Crippen LogP contribution in [0, 0.1) is 34.5 Å². The molecule has 4 unspecified atom stereocenters. The topological polar surface area (TPSA) is 158 Å². The molecule has 46 heavy (non-hydrogen) atoms. The van der Waals surface area contributed by atoms with E-state index in [0.29, 0.717) is 12.8 Å². The van der Waals surface area contributed by atoms with Crippen LogP contribution < -0.4 is 0 Å². The first kappa shape index (κ1) is 38.0. The van der Waals surface area contributed by atoms with Crippen molar-refractivity contribution in [2.45, 2.75) is 52.4 Å². The summed E-state index contributed by atoms with van der Waals surface area (Å²) in [5, 5.41) is 0. The van der Waals surface area contributed by atoms with Gasteiger partial charge in [-0.25, -0.2) is 19.2 Å². The largest absolute Gasteiger partial charge is 0.465 e. The van der Waals surface area contributed by atoms with E-state index in [2.05, 4.69) is 26.3 Å². The maximum absolute atomic E-state index is 13.4. The molecule has 2 saturated carbocycles. The van der Waals surface area contributed by atoms with E-state index < -0.39 is 58.5 Å². The first-order chi connectivity index (χ1) is 21.8. The number of hydrogen-bond donors (Lipinski definition) is 0. The molecule has 0 aromatic heterocycles. The smallest absolute Gasteiger partial charge is 0.330 e. The van der Waals surface area contributed by atoms with E-state index in [1.807, 2.05) is 0 Å². The Morgan fingerprint density at radius 3 is 1.02 bits per heavy atom. The van der Waals surface area contributed by atoms with Crippen molar-refractivity contribution >= 4 is 35.8 Å². The second-order valence-electron chi connectivity index (χ2n) is 12.5. The number of hydrogen-bond acceptors (Lipinski definition) is 12. The Hall–Kier alpha value is -4.22. The van der Waals surface area contributed by atoms with Gasteiger partial charge in [0, 0.05) is 24.3 Å². The van der Waals surface area contributed by atoms with E-state index in [1.165, 1.54) is 0 Å². The third kappa shape index (κ3) is 11.6. The minimum Gasteiger partial charge on any atom is -0.465 e. The fraction of sp³-hybridized carbons (Fsp3) is 0.588. The molecule has 0 N–H and O–H groups in total. The van der Waals surface area contributed by atoms with Crippen molar-refractivity contribution in [1.82, 2.24) is 0 Å². The predicted octanol–water partition coefficient (Wildman–Crippen LogP) is 3.83. The van der Waals surface area contributed by atoms with Crippen LogP contribution in [0.4, 0.5) is 0 Å². The van der Waals surface area contributed by atoms with Crippen molar-refractivity contribution in [1.29, 1.82) is 0 Å². The Bertz CT molecular complexity index is 1030. The van der Waals surface area contributed by atoms with E-state index in [9.17, 15) is 28.8 Å². The molecule has 0 radical (unpaired) electrons. The number of esters is 6. The van der Waals surface area contributed by atoms with Crippen LogP contribution in [0.2, 0.25) is 0 Å². The first-order valence-electron chi connectivity index (χ1n) is 15.3. The number of fused-ring (bicyclic) bond motifs is 1. The average Bonchev–Trinajstić information content (AvgIpc) is 3.08. The fourth-order valence-electron chi connectivity index (χ4n) is 5.73. The maximum atomic E-state index is 13.4. The van der Waals surface area contributed by atoms with E-state index in [-0.39, 0.29) is 51.5 Å². The van der Waals surface area contributed by atoms with Crippen LogP contribution in [0.15, 0.2) is 50.6 Å². The molecule has 12 nitrogen and oxygen atoms in total. The molecule has 0 bridgehead atoms. The zero-order valence-corrected chi connectivity index (χ0v) is 26.8. The van der Waals surface area contributed by atoms with Gasteiger partial charge in [0.15, 0.2) is 0 Å². The lowest BCUT2D eigenvalue weighted by molar-refractivity contribution is -0.172. The van der Waals surface area contributed by atoms with Crippen LogP contribution in [-0.2, 0) is 57.2 Å². The van der Waals surface area contributed by atoms with Crippen molar-refractivity contribution in [3.8, 4) is 0 Å². The summed E-state index contributed by atoms with van der Waals surface area (Å²) in [6.07, 6.45) is 8.11. The van der Waals surface area contributed by atoms with Crippen molar-refractivity contribution in [2.24, 2.45) is 34.5 Å². The predicted molar refractivity (Wildman–Crippen MR) is 164 cm³/mol. The van der Waals surface area contributed by atoms with Gasteiger partial charge in [-0.2, -0.15) is 0 Å². The first-order valence-corrected chi connectivity index (χ1v) is 15.3. The highest BCUT2D eigenvalue weighted by Crippen LogP contribution is 2.48. The molecule has 0 aliphatic heterocycles. The fourth-order valence-corrected chi connectivity index (χ4v) is 5.73. The molecule has 0 heterocycles.